The van der Waals surface area contributed by atoms with Crippen molar-refractivity contribution < 1.29 is 14.7 Å². The van der Waals surface area contributed by atoms with Gasteiger partial charge in [-0.3, -0.25) is 14.7 Å². The number of aliphatic hydroxyl groups excluding tert-OH is 1. The second-order valence-corrected chi connectivity index (χ2v) is 8.34. The molecule has 0 aromatic carbocycles. The Hall–Kier alpha value is -2.26. The number of H-pyrrole nitrogens is 1. The summed E-state index contributed by atoms with van der Waals surface area (Å²) in [5.41, 5.74) is 3.26. The lowest BCUT2D eigenvalue weighted by Crippen LogP contribution is -2.40. The Morgan fingerprint density at radius 1 is 1.37 bits per heavy atom. The maximum atomic E-state index is 12.5. The molecule has 2 aliphatic carbocycles. The van der Waals surface area contributed by atoms with Crippen molar-refractivity contribution >= 4 is 23.2 Å². The molecule has 2 aromatic rings. The normalized spacial score (nSPS) is 24.0. The summed E-state index contributed by atoms with van der Waals surface area (Å²) in [4.78, 5) is 29.3. The van der Waals surface area contributed by atoms with E-state index in [4.69, 9.17) is 0 Å². The van der Waals surface area contributed by atoms with Crippen LogP contribution in [0.1, 0.15) is 51.7 Å². The topological polar surface area (TPSA) is 120 Å². The van der Waals surface area contributed by atoms with E-state index in [9.17, 15) is 14.7 Å². The van der Waals surface area contributed by atoms with Crippen LogP contribution >= 0.6 is 11.3 Å². The number of carbonyl (C=O) groups is 2. The summed E-state index contributed by atoms with van der Waals surface area (Å²) in [5.74, 6) is -0.718. The van der Waals surface area contributed by atoms with Gasteiger partial charge in [-0.15, -0.1) is 11.3 Å². The molecule has 0 aliphatic heterocycles. The predicted octanol–water partition coefficient (Wildman–Crippen LogP) is 0.849. The third kappa shape index (κ3) is 3.74. The van der Waals surface area contributed by atoms with E-state index in [2.05, 4.69) is 25.8 Å². The molecule has 8 nitrogen and oxygen atoms in total. The van der Waals surface area contributed by atoms with Crippen molar-refractivity contribution in [1.82, 2.24) is 25.8 Å². The molecule has 144 valence electrons. The van der Waals surface area contributed by atoms with Crippen LogP contribution in [-0.4, -0.2) is 44.2 Å². The molecule has 1 saturated carbocycles. The first-order chi connectivity index (χ1) is 13.0. The van der Waals surface area contributed by atoms with Gasteiger partial charge in [-0.1, -0.05) is 0 Å². The van der Waals surface area contributed by atoms with Gasteiger partial charge in [-0.25, -0.2) is 4.98 Å². The smallest absolute Gasteiger partial charge is 0.272 e. The van der Waals surface area contributed by atoms with Crippen LogP contribution in [0, 0.1) is 12.8 Å². The first-order valence-electron chi connectivity index (χ1n) is 9.25. The summed E-state index contributed by atoms with van der Waals surface area (Å²) in [6.45, 7) is 2.30. The number of nitrogens with zero attached hydrogens (tertiary/aromatic N) is 2. The molecule has 0 bridgehead atoms. The predicted molar refractivity (Wildman–Crippen MR) is 99.3 cm³/mol. The Labute approximate surface area is 160 Å². The minimum atomic E-state index is -0.738. The van der Waals surface area contributed by atoms with Crippen LogP contribution in [0.2, 0.25) is 0 Å². The van der Waals surface area contributed by atoms with E-state index in [-0.39, 0.29) is 17.7 Å². The van der Waals surface area contributed by atoms with E-state index in [1.54, 1.807) is 11.3 Å². The fraction of sp³-hybridized carbons (Fsp3) is 0.556. The van der Waals surface area contributed by atoms with Crippen molar-refractivity contribution in [3.05, 3.63) is 33.0 Å². The molecular weight excluding hydrogens is 366 g/mol. The van der Waals surface area contributed by atoms with Crippen molar-refractivity contribution in [3.63, 3.8) is 0 Å². The number of aromatic nitrogens is 3. The van der Waals surface area contributed by atoms with Crippen LogP contribution in [-0.2, 0) is 24.2 Å². The minimum absolute atomic E-state index is 0.114. The molecule has 2 amide bonds. The van der Waals surface area contributed by atoms with Crippen molar-refractivity contribution in [2.45, 2.75) is 57.7 Å². The third-order valence-electron chi connectivity index (χ3n) is 5.35. The van der Waals surface area contributed by atoms with Gasteiger partial charge < -0.3 is 15.7 Å². The number of aromatic amines is 1. The van der Waals surface area contributed by atoms with E-state index in [0.29, 0.717) is 25.1 Å². The van der Waals surface area contributed by atoms with E-state index in [0.717, 1.165) is 41.2 Å². The van der Waals surface area contributed by atoms with Crippen LogP contribution in [0.3, 0.4) is 0 Å². The lowest BCUT2D eigenvalue weighted by molar-refractivity contribution is -0.125. The van der Waals surface area contributed by atoms with Crippen molar-refractivity contribution in [3.8, 4) is 0 Å². The first kappa shape index (κ1) is 18.1. The zero-order valence-corrected chi connectivity index (χ0v) is 15.9. The maximum Gasteiger partial charge on any atom is 0.272 e. The van der Waals surface area contributed by atoms with Gasteiger partial charge in [-0.2, -0.15) is 5.10 Å². The number of thiazole rings is 1. The summed E-state index contributed by atoms with van der Waals surface area (Å²) >= 11 is 1.54. The van der Waals surface area contributed by atoms with Gasteiger partial charge in [-0.05, 0) is 39.0 Å². The van der Waals surface area contributed by atoms with Crippen LogP contribution in [0.25, 0.3) is 0 Å². The molecule has 2 aliphatic rings. The van der Waals surface area contributed by atoms with Gasteiger partial charge in [0, 0.05) is 22.6 Å². The molecule has 0 unspecified atom stereocenters. The number of hydrogen-bond acceptors (Lipinski definition) is 6. The maximum absolute atomic E-state index is 12.5. The minimum Gasteiger partial charge on any atom is -0.391 e. The summed E-state index contributed by atoms with van der Waals surface area (Å²) in [6.07, 6.45) is 2.81. The van der Waals surface area contributed by atoms with Crippen LogP contribution in [0.5, 0.6) is 0 Å². The van der Waals surface area contributed by atoms with Gasteiger partial charge in [0.05, 0.1) is 29.4 Å². The zero-order valence-electron chi connectivity index (χ0n) is 15.1. The summed E-state index contributed by atoms with van der Waals surface area (Å²) in [6, 6.07) is -0.441. The molecule has 0 saturated heterocycles. The van der Waals surface area contributed by atoms with E-state index in [1.807, 2.05) is 12.3 Å². The average Bonchev–Trinajstić information content (AvgIpc) is 3.38. The lowest BCUT2D eigenvalue weighted by atomic mass is 10.1. The SMILES string of the molecule is Cc1nc(CNC(=O)[C@@H]2C[C@@H](O)[C@H](NC(=O)c3n[nH]c4c3CCC4)C2)cs1. The molecule has 4 rings (SSSR count). The molecule has 3 atom stereocenters. The van der Waals surface area contributed by atoms with Crippen LogP contribution in [0.15, 0.2) is 5.38 Å². The highest BCUT2D eigenvalue weighted by molar-refractivity contribution is 7.09. The second-order valence-electron chi connectivity index (χ2n) is 7.27. The van der Waals surface area contributed by atoms with Crippen LogP contribution < -0.4 is 10.6 Å². The summed E-state index contributed by atoms with van der Waals surface area (Å²) in [5, 5.41) is 26.0. The highest BCUT2D eigenvalue weighted by Crippen LogP contribution is 2.28. The van der Waals surface area contributed by atoms with E-state index in [1.165, 1.54) is 0 Å². The van der Waals surface area contributed by atoms with Crippen molar-refractivity contribution in [2.24, 2.45) is 5.92 Å². The number of aliphatic hydroxyl groups is 1. The number of hydrogen-bond donors (Lipinski definition) is 4. The molecule has 4 N–H and O–H groups in total. The quantitative estimate of drug-likeness (QED) is 0.604. The molecule has 0 spiro atoms. The van der Waals surface area contributed by atoms with Crippen molar-refractivity contribution in [1.29, 1.82) is 0 Å². The summed E-state index contributed by atoms with van der Waals surface area (Å²) in [7, 11) is 0. The second kappa shape index (κ2) is 7.40. The molecule has 27 heavy (non-hydrogen) atoms. The Morgan fingerprint density at radius 3 is 3.00 bits per heavy atom. The first-order valence-corrected chi connectivity index (χ1v) is 10.1. The third-order valence-corrected chi connectivity index (χ3v) is 6.17. The average molecular weight is 389 g/mol. The number of fused-ring (bicyclic) bond motifs is 1. The standard InChI is InChI=1S/C18H23N5O3S/c1-9-20-11(8-27-9)7-19-17(25)10-5-14(15(24)6-10)21-18(26)16-12-3-2-4-13(12)22-23-16/h8,10,14-15,24H,2-7H2,1H3,(H,19,25)(H,21,26)(H,22,23)/t10-,14+,15+/m0/s1. The fourth-order valence-corrected chi connectivity index (χ4v) is 4.55. The van der Waals surface area contributed by atoms with Gasteiger partial charge in [0.15, 0.2) is 5.69 Å². The van der Waals surface area contributed by atoms with Crippen molar-refractivity contribution in [2.75, 3.05) is 0 Å². The Bertz CT molecular complexity index is 861. The molecule has 1 fully saturated rings. The Kier molecular flexibility index (Phi) is 4.96. The highest BCUT2D eigenvalue weighted by atomic mass is 32.1. The zero-order chi connectivity index (χ0) is 19.0. The highest BCUT2D eigenvalue weighted by Gasteiger charge is 2.38. The molecule has 2 heterocycles. The number of amides is 2. The number of carbonyl (C=O) groups excluding carboxylic acids is 2. The number of aryl methyl sites for hydroxylation is 2. The summed E-state index contributed by atoms with van der Waals surface area (Å²) < 4.78 is 0. The van der Waals surface area contributed by atoms with Gasteiger partial charge in [0.1, 0.15) is 0 Å². The lowest BCUT2D eigenvalue weighted by Gasteiger charge is -2.15. The molecule has 0 radical (unpaired) electrons. The van der Waals surface area contributed by atoms with E-state index < -0.39 is 12.1 Å². The van der Waals surface area contributed by atoms with Gasteiger partial charge >= 0.3 is 0 Å². The van der Waals surface area contributed by atoms with Crippen LogP contribution in [0.4, 0.5) is 0 Å². The Balaban J connectivity index is 1.32. The monoisotopic (exact) mass is 389 g/mol. The van der Waals surface area contributed by atoms with E-state index >= 15 is 0 Å². The fourth-order valence-electron chi connectivity index (χ4n) is 3.94. The number of nitrogens with one attached hydrogen (secondary N) is 3. The largest absolute Gasteiger partial charge is 0.391 e. The molecular formula is C18H23N5O3S. The molecule has 9 heteroatoms. The van der Waals surface area contributed by atoms with Gasteiger partial charge in [0.2, 0.25) is 5.91 Å². The molecule has 2 aromatic heterocycles. The number of rotatable bonds is 5. The Morgan fingerprint density at radius 2 is 2.22 bits per heavy atom. The van der Waals surface area contributed by atoms with Gasteiger partial charge in [0.25, 0.3) is 5.91 Å².